The van der Waals surface area contributed by atoms with Crippen LogP contribution in [0.25, 0.3) is 0 Å². The predicted molar refractivity (Wildman–Crippen MR) is 64.3 cm³/mol. The van der Waals surface area contributed by atoms with Crippen LogP contribution in [0.2, 0.25) is 0 Å². The first kappa shape index (κ1) is 11.7. The van der Waals surface area contributed by atoms with Crippen LogP contribution in [0, 0.1) is 5.41 Å². The molecule has 0 amide bonds. The minimum atomic E-state index is -0.567. The second-order valence-corrected chi connectivity index (χ2v) is 5.28. The molecule has 90 valence electrons. The van der Waals surface area contributed by atoms with Crippen molar-refractivity contribution in [3.8, 4) is 0 Å². The van der Waals surface area contributed by atoms with Crippen LogP contribution in [0.15, 0.2) is 11.6 Å². The van der Waals surface area contributed by atoms with Crippen molar-refractivity contribution < 1.29 is 9.90 Å². The van der Waals surface area contributed by atoms with Crippen molar-refractivity contribution in [2.24, 2.45) is 5.41 Å². The number of aliphatic carboxylic acids is 1. The van der Waals surface area contributed by atoms with Crippen LogP contribution in [0.4, 0.5) is 0 Å². The molecule has 0 aromatic carbocycles. The Bertz CT molecular complexity index is 283. The first-order valence-electron chi connectivity index (χ1n) is 6.69. The lowest BCUT2D eigenvalue weighted by Crippen LogP contribution is -2.33. The summed E-state index contributed by atoms with van der Waals surface area (Å²) in [5.74, 6) is -0.567. The minimum Gasteiger partial charge on any atom is -0.481 e. The normalized spacial score (nSPS) is 25.6. The predicted octanol–water partition coefficient (Wildman–Crippen LogP) is 3.91. The van der Waals surface area contributed by atoms with E-state index in [1.54, 1.807) is 0 Å². The molecule has 2 aliphatic rings. The molecule has 0 unspecified atom stereocenters. The zero-order valence-electron chi connectivity index (χ0n) is 10.0. The molecule has 1 saturated carbocycles. The minimum absolute atomic E-state index is 0.489. The van der Waals surface area contributed by atoms with Gasteiger partial charge in [-0.15, -0.1) is 0 Å². The van der Waals surface area contributed by atoms with E-state index in [1.165, 1.54) is 31.3 Å². The summed E-state index contributed by atoms with van der Waals surface area (Å²) in [6, 6.07) is 0. The van der Waals surface area contributed by atoms with Crippen molar-refractivity contribution in [1.82, 2.24) is 0 Å². The van der Waals surface area contributed by atoms with Crippen LogP contribution in [0.3, 0.4) is 0 Å². The first-order chi connectivity index (χ1) is 7.76. The summed E-state index contributed by atoms with van der Waals surface area (Å²) < 4.78 is 0. The van der Waals surface area contributed by atoms with Crippen molar-refractivity contribution in [1.29, 1.82) is 0 Å². The number of rotatable bonds is 2. The topological polar surface area (TPSA) is 37.3 Å². The molecule has 1 N–H and O–H groups in total. The standard InChI is InChI=1S/C14H22O2/c15-13(16)14(10-6-1-2-7-11-14)12-8-4-3-5-9-12/h8H,1-7,9-11H2,(H,15,16). The van der Waals surface area contributed by atoms with Crippen LogP contribution in [0.5, 0.6) is 0 Å². The van der Waals surface area contributed by atoms with Crippen LogP contribution in [-0.4, -0.2) is 11.1 Å². The van der Waals surface area contributed by atoms with Gasteiger partial charge in [0.05, 0.1) is 5.41 Å². The summed E-state index contributed by atoms with van der Waals surface area (Å²) in [5.41, 5.74) is 0.754. The molecule has 1 fully saturated rings. The molecule has 16 heavy (non-hydrogen) atoms. The van der Waals surface area contributed by atoms with Gasteiger partial charge in [0.15, 0.2) is 0 Å². The number of carbonyl (C=O) groups is 1. The number of allylic oxidation sites excluding steroid dienone is 1. The van der Waals surface area contributed by atoms with Gasteiger partial charge in [-0.3, -0.25) is 4.79 Å². The molecule has 0 aromatic heterocycles. The summed E-state index contributed by atoms with van der Waals surface area (Å²) in [6.07, 6.45) is 13.1. The number of carboxylic acid groups (broad SMARTS) is 1. The number of hydrogen-bond acceptors (Lipinski definition) is 1. The molecule has 2 rings (SSSR count). The Morgan fingerprint density at radius 3 is 2.25 bits per heavy atom. The number of carboxylic acids is 1. The van der Waals surface area contributed by atoms with E-state index >= 15 is 0 Å². The molecule has 0 saturated heterocycles. The van der Waals surface area contributed by atoms with Crippen LogP contribution < -0.4 is 0 Å². The van der Waals surface area contributed by atoms with Crippen molar-refractivity contribution in [2.45, 2.75) is 64.2 Å². The Balaban J connectivity index is 2.25. The highest BCUT2D eigenvalue weighted by Gasteiger charge is 2.41. The zero-order valence-corrected chi connectivity index (χ0v) is 10.0. The van der Waals surface area contributed by atoms with E-state index in [2.05, 4.69) is 6.08 Å². The van der Waals surface area contributed by atoms with Crippen LogP contribution >= 0.6 is 0 Å². The quantitative estimate of drug-likeness (QED) is 0.568. The Kier molecular flexibility index (Phi) is 3.67. The van der Waals surface area contributed by atoms with Gasteiger partial charge in [0.2, 0.25) is 0 Å². The Hall–Kier alpha value is -0.790. The SMILES string of the molecule is O=C(O)C1(C2=CCCCC2)CCCCCC1. The molecular formula is C14H22O2. The molecular weight excluding hydrogens is 200 g/mol. The molecule has 2 nitrogen and oxygen atoms in total. The second-order valence-electron chi connectivity index (χ2n) is 5.28. The molecule has 0 heterocycles. The fraction of sp³-hybridized carbons (Fsp3) is 0.786. The van der Waals surface area contributed by atoms with Gasteiger partial charge >= 0.3 is 5.97 Å². The maximum atomic E-state index is 11.7. The van der Waals surface area contributed by atoms with Crippen molar-refractivity contribution in [3.05, 3.63) is 11.6 Å². The van der Waals surface area contributed by atoms with Gasteiger partial charge in [-0.2, -0.15) is 0 Å². The maximum Gasteiger partial charge on any atom is 0.313 e. The lowest BCUT2D eigenvalue weighted by Gasteiger charge is -2.33. The molecule has 2 heteroatoms. The molecule has 2 aliphatic carbocycles. The Labute approximate surface area is 97.7 Å². The van der Waals surface area contributed by atoms with Crippen molar-refractivity contribution in [2.75, 3.05) is 0 Å². The van der Waals surface area contributed by atoms with Gasteiger partial charge in [0.25, 0.3) is 0 Å². The van der Waals surface area contributed by atoms with Gasteiger partial charge in [-0.25, -0.2) is 0 Å². The molecule has 0 bridgehead atoms. The summed E-state index contributed by atoms with van der Waals surface area (Å²) in [4.78, 5) is 11.7. The largest absolute Gasteiger partial charge is 0.481 e. The average Bonchev–Trinajstić information content (AvgIpc) is 2.56. The smallest absolute Gasteiger partial charge is 0.313 e. The van der Waals surface area contributed by atoms with Gasteiger partial charge in [0.1, 0.15) is 0 Å². The third-order valence-corrected chi connectivity index (χ3v) is 4.27. The van der Waals surface area contributed by atoms with Crippen LogP contribution in [-0.2, 0) is 4.79 Å². The van der Waals surface area contributed by atoms with Gasteiger partial charge in [-0.05, 0) is 38.5 Å². The van der Waals surface area contributed by atoms with Gasteiger partial charge < -0.3 is 5.11 Å². The molecule has 0 spiro atoms. The monoisotopic (exact) mass is 222 g/mol. The third kappa shape index (κ3) is 2.16. The summed E-state index contributed by atoms with van der Waals surface area (Å²) in [6.45, 7) is 0. The van der Waals surface area contributed by atoms with Crippen molar-refractivity contribution >= 4 is 5.97 Å². The van der Waals surface area contributed by atoms with E-state index in [0.717, 1.165) is 38.5 Å². The lowest BCUT2D eigenvalue weighted by atomic mass is 9.70. The highest BCUT2D eigenvalue weighted by molar-refractivity contribution is 5.78. The molecule has 0 radical (unpaired) electrons. The molecule has 0 aliphatic heterocycles. The van der Waals surface area contributed by atoms with Gasteiger partial charge in [0, 0.05) is 0 Å². The van der Waals surface area contributed by atoms with Crippen LogP contribution in [0.1, 0.15) is 64.2 Å². The Morgan fingerprint density at radius 1 is 1.06 bits per heavy atom. The fourth-order valence-electron chi connectivity index (χ4n) is 3.28. The zero-order chi connectivity index (χ0) is 11.4. The number of hydrogen-bond donors (Lipinski definition) is 1. The Morgan fingerprint density at radius 2 is 1.75 bits per heavy atom. The van der Waals surface area contributed by atoms with E-state index in [9.17, 15) is 9.90 Å². The highest BCUT2D eigenvalue weighted by atomic mass is 16.4. The van der Waals surface area contributed by atoms with E-state index in [-0.39, 0.29) is 0 Å². The van der Waals surface area contributed by atoms with E-state index < -0.39 is 11.4 Å². The summed E-state index contributed by atoms with van der Waals surface area (Å²) >= 11 is 0. The first-order valence-corrected chi connectivity index (χ1v) is 6.69. The van der Waals surface area contributed by atoms with E-state index in [4.69, 9.17) is 0 Å². The van der Waals surface area contributed by atoms with E-state index in [1.807, 2.05) is 0 Å². The average molecular weight is 222 g/mol. The maximum absolute atomic E-state index is 11.7. The van der Waals surface area contributed by atoms with Crippen molar-refractivity contribution in [3.63, 3.8) is 0 Å². The fourth-order valence-corrected chi connectivity index (χ4v) is 3.28. The third-order valence-electron chi connectivity index (χ3n) is 4.27. The molecule has 0 aromatic rings. The molecule has 0 atom stereocenters. The highest BCUT2D eigenvalue weighted by Crippen LogP contribution is 2.45. The van der Waals surface area contributed by atoms with Gasteiger partial charge in [-0.1, -0.05) is 37.3 Å². The summed E-state index contributed by atoms with van der Waals surface area (Å²) in [7, 11) is 0. The van der Waals surface area contributed by atoms with E-state index in [0.29, 0.717) is 0 Å². The lowest BCUT2D eigenvalue weighted by molar-refractivity contribution is -0.147. The second kappa shape index (κ2) is 5.03. The summed E-state index contributed by atoms with van der Waals surface area (Å²) in [5, 5.41) is 9.63.